The minimum Gasteiger partial charge on any atom is -0.480 e. The van der Waals surface area contributed by atoms with E-state index in [0.29, 0.717) is 12.8 Å². The summed E-state index contributed by atoms with van der Waals surface area (Å²) in [7, 11) is 0. The fraction of sp³-hybridized carbons (Fsp3) is 0.679. The zero-order valence-corrected chi connectivity index (χ0v) is 28.6. The maximum atomic E-state index is 13.6. The SMILES string of the molecule is CC[C@H](C)[C@H](NC(=O)[C@H](CCCN=C(N)N)NC(=O)[C@@H](N)CCCN=C(N)N)C(=O)N[C@@H](CC(N)=O)C(=O)N[C@@H](CCCN=C(N)N)C(=O)O. The van der Waals surface area contributed by atoms with E-state index in [1.807, 2.05) is 0 Å². The first-order valence-corrected chi connectivity index (χ1v) is 16.0. The molecule has 21 N–H and O–H groups in total. The molecule has 0 heterocycles. The number of rotatable bonds is 25. The van der Waals surface area contributed by atoms with E-state index in [2.05, 4.69) is 36.2 Å². The van der Waals surface area contributed by atoms with Crippen molar-refractivity contribution in [3.05, 3.63) is 0 Å². The summed E-state index contributed by atoms with van der Waals surface area (Å²) in [5, 5.41) is 19.5. The zero-order valence-electron chi connectivity index (χ0n) is 28.6. The molecule has 5 amide bonds. The molecule has 22 heteroatoms. The number of carbonyl (C=O) groups excluding carboxylic acids is 5. The lowest BCUT2D eigenvalue weighted by molar-refractivity contribution is -0.142. The predicted octanol–water partition coefficient (Wildman–Crippen LogP) is -5.58. The average Bonchev–Trinajstić information content (AvgIpc) is 3.02. The number of aliphatic imine (C=N–C) groups is 3. The molecular weight excluding hydrogens is 658 g/mol. The lowest BCUT2D eigenvalue weighted by Gasteiger charge is -2.29. The van der Waals surface area contributed by atoms with Crippen molar-refractivity contribution in [1.29, 1.82) is 0 Å². The first-order chi connectivity index (χ1) is 23.4. The number of carbonyl (C=O) groups is 6. The maximum absolute atomic E-state index is 13.6. The van der Waals surface area contributed by atoms with E-state index in [1.54, 1.807) is 13.8 Å². The second kappa shape index (κ2) is 23.8. The summed E-state index contributed by atoms with van der Waals surface area (Å²) in [6.07, 6.45) is 0.714. The summed E-state index contributed by atoms with van der Waals surface area (Å²) in [6, 6.07) is -6.46. The topological polar surface area (TPSA) is 416 Å². The van der Waals surface area contributed by atoms with Gasteiger partial charge in [0.25, 0.3) is 0 Å². The first-order valence-electron chi connectivity index (χ1n) is 16.0. The van der Waals surface area contributed by atoms with Gasteiger partial charge in [-0.2, -0.15) is 0 Å². The Morgan fingerprint density at radius 2 is 1.02 bits per heavy atom. The molecule has 0 aliphatic heterocycles. The summed E-state index contributed by atoms with van der Waals surface area (Å²) in [4.78, 5) is 88.2. The smallest absolute Gasteiger partial charge is 0.326 e. The molecule has 284 valence electrons. The number of hydrogen-bond acceptors (Lipinski definition) is 10. The maximum Gasteiger partial charge on any atom is 0.326 e. The van der Waals surface area contributed by atoms with Gasteiger partial charge in [0.05, 0.1) is 12.5 Å². The van der Waals surface area contributed by atoms with Gasteiger partial charge in [0.1, 0.15) is 24.2 Å². The van der Waals surface area contributed by atoms with Gasteiger partial charge in [0, 0.05) is 19.6 Å². The normalized spacial score (nSPS) is 14.2. The molecule has 0 saturated heterocycles. The van der Waals surface area contributed by atoms with Crippen molar-refractivity contribution in [2.45, 2.75) is 95.4 Å². The first kappa shape index (κ1) is 44.6. The highest BCUT2D eigenvalue weighted by atomic mass is 16.4. The Kier molecular flexibility index (Phi) is 21.3. The Morgan fingerprint density at radius 3 is 1.46 bits per heavy atom. The molecule has 0 spiro atoms. The Labute approximate surface area is 290 Å². The molecule has 0 aromatic carbocycles. The van der Waals surface area contributed by atoms with Gasteiger partial charge in [-0.25, -0.2) is 4.79 Å². The van der Waals surface area contributed by atoms with Crippen LogP contribution < -0.4 is 67.1 Å². The van der Waals surface area contributed by atoms with Gasteiger partial charge in [-0.15, -0.1) is 0 Å². The van der Waals surface area contributed by atoms with Gasteiger partial charge in [0.15, 0.2) is 17.9 Å². The second-order valence-corrected chi connectivity index (χ2v) is 11.5. The predicted molar refractivity (Wildman–Crippen MR) is 186 cm³/mol. The molecule has 0 fully saturated rings. The van der Waals surface area contributed by atoms with E-state index >= 15 is 0 Å². The monoisotopic (exact) mass is 713 g/mol. The third-order valence-electron chi connectivity index (χ3n) is 7.27. The van der Waals surface area contributed by atoms with Crippen molar-refractivity contribution in [2.24, 2.45) is 66.8 Å². The van der Waals surface area contributed by atoms with Crippen molar-refractivity contribution in [3.63, 3.8) is 0 Å². The number of amides is 5. The molecule has 0 unspecified atom stereocenters. The minimum absolute atomic E-state index is 0.0520. The van der Waals surface area contributed by atoms with Crippen molar-refractivity contribution in [3.8, 4) is 0 Å². The van der Waals surface area contributed by atoms with Crippen LogP contribution in [0.15, 0.2) is 15.0 Å². The molecule has 0 aromatic heterocycles. The van der Waals surface area contributed by atoms with Crippen LogP contribution in [0.1, 0.15) is 65.2 Å². The van der Waals surface area contributed by atoms with E-state index in [9.17, 15) is 33.9 Å². The van der Waals surface area contributed by atoms with Crippen LogP contribution in [0.4, 0.5) is 0 Å². The number of primary amides is 1. The molecular formula is C28H55N15O7. The molecule has 0 aromatic rings. The Morgan fingerprint density at radius 1 is 0.600 bits per heavy atom. The van der Waals surface area contributed by atoms with Crippen LogP contribution in [0.2, 0.25) is 0 Å². The molecule has 0 saturated carbocycles. The molecule has 0 aliphatic rings. The van der Waals surface area contributed by atoms with Gasteiger partial charge in [-0.3, -0.25) is 38.9 Å². The quantitative estimate of drug-likeness (QED) is 0.0238. The Bertz CT molecular complexity index is 1230. The zero-order chi connectivity index (χ0) is 38.4. The molecule has 0 aliphatic carbocycles. The number of nitrogens with two attached hydrogens (primary N) is 8. The van der Waals surface area contributed by atoms with Crippen LogP contribution >= 0.6 is 0 Å². The number of nitrogens with one attached hydrogen (secondary N) is 4. The van der Waals surface area contributed by atoms with Gasteiger partial charge in [-0.1, -0.05) is 20.3 Å². The van der Waals surface area contributed by atoms with Crippen molar-refractivity contribution in [2.75, 3.05) is 19.6 Å². The van der Waals surface area contributed by atoms with Gasteiger partial charge in [-0.05, 0) is 44.4 Å². The van der Waals surface area contributed by atoms with Gasteiger partial charge < -0.3 is 72.2 Å². The van der Waals surface area contributed by atoms with Crippen LogP contribution in [-0.2, 0) is 28.8 Å². The summed E-state index contributed by atoms with van der Waals surface area (Å²) in [5.41, 5.74) is 43.2. The number of guanidine groups is 3. The summed E-state index contributed by atoms with van der Waals surface area (Å²) < 4.78 is 0. The second-order valence-electron chi connectivity index (χ2n) is 11.5. The summed E-state index contributed by atoms with van der Waals surface area (Å²) in [5.74, 6) is -6.59. The van der Waals surface area contributed by atoms with E-state index in [1.165, 1.54) is 0 Å². The van der Waals surface area contributed by atoms with Crippen molar-refractivity contribution in [1.82, 2.24) is 21.3 Å². The lowest BCUT2D eigenvalue weighted by Crippen LogP contribution is -2.60. The molecule has 50 heavy (non-hydrogen) atoms. The summed E-state index contributed by atoms with van der Waals surface area (Å²) >= 11 is 0. The van der Waals surface area contributed by atoms with Crippen molar-refractivity contribution >= 4 is 53.4 Å². The van der Waals surface area contributed by atoms with Crippen LogP contribution in [-0.4, -0.2) is 108 Å². The number of aliphatic carboxylic acids is 1. The number of carboxylic acids is 1. The van der Waals surface area contributed by atoms with E-state index in [-0.39, 0.29) is 69.6 Å². The summed E-state index contributed by atoms with van der Waals surface area (Å²) in [6.45, 7) is 3.88. The molecule has 22 nitrogen and oxygen atoms in total. The fourth-order valence-corrected chi connectivity index (χ4v) is 4.36. The average molecular weight is 714 g/mol. The Hall–Kier alpha value is -5.41. The Balaban J connectivity index is 5.98. The molecule has 6 atom stereocenters. The standard InChI is InChI=1S/C28H55N15O7/c1-3-14(2)20(24(48)42-18(13-19(30)44)23(47)41-17(25(49)50)9-6-12-39-28(35)36)43-22(46)16(8-5-11-38-27(33)34)40-21(45)15(29)7-4-10-37-26(31)32/h14-18,20H,3-13,29H2,1-2H3,(H2,30,44)(H,40,45)(H,41,47)(H,42,48)(H,43,46)(H,49,50)(H4,31,32,37)(H4,33,34,38)(H4,35,36,39)/t14-,15-,16-,17-,18-,20-/m0/s1. The highest BCUT2D eigenvalue weighted by molar-refractivity contribution is 5.97. The van der Waals surface area contributed by atoms with E-state index in [0.717, 1.165) is 0 Å². The van der Waals surface area contributed by atoms with Crippen LogP contribution in [0.5, 0.6) is 0 Å². The van der Waals surface area contributed by atoms with Crippen molar-refractivity contribution < 1.29 is 33.9 Å². The number of carboxylic acid groups (broad SMARTS) is 1. The van der Waals surface area contributed by atoms with Crippen LogP contribution in [0, 0.1) is 5.92 Å². The molecule has 0 rings (SSSR count). The third-order valence-corrected chi connectivity index (χ3v) is 7.27. The highest BCUT2D eigenvalue weighted by Gasteiger charge is 2.34. The third kappa shape index (κ3) is 19.4. The van der Waals surface area contributed by atoms with E-state index < -0.39 is 78.1 Å². The van der Waals surface area contributed by atoms with Gasteiger partial charge >= 0.3 is 5.97 Å². The van der Waals surface area contributed by atoms with Gasteiger partial charge in [0.2, 0.25) is 29.5 Å². The number of nitrogens with zero attached hydrogens (tertiary/aromatic N) is 3. The minimum atomic E-state index is -1.59. The lowest BCUT2D eigenvalue weighted by atomic mass is 9.96. The largest absolute Gasteiger partial charge is 0.480 e. The van der Waals surface area contributed by atoms with Crippen LogP contribution in [0.25, 0.3) is 0 Å². The fourth-order valence-electron chi connectivity index (χ4n) is 4.36. The number of hydrogen-bond donors (Lipinski definition) is 13. The van der Waals surface area contributed by atoms with E-state index in [4.69, 9.17) is 45.9 Å². The molecule has 0 bridgehead atoms. The van der Waals surface area contributed by atoms with Crippen LogP contribution in [0.3, 0.4) is 0 Å². The highest BCUT2D eigenvalue weighted by Crippen LogP contribution is 2.11. The molecule has 0 radical (unpaired) electrons.